The molecule has 1 atom stereocenters. The molecule has 1 aromatic rings. The van der Waals surface area contributed by atoms with Gasteiger partial charge in [0.2, 0.25) is 0 Å². The molecule has 1 saturated heterocycles. The Morgan fingerprint density at radius 2 is 2.29 bits per heavy atom. The lowest BCUT2D eigenvalue weighted by molar-refractivity contribution is 0.115. The zero-order valence-electron chi connectivity index (χ0n) is 9.64. The number of thiophene rings is 1. The highest BCUT2D eigenvalue weighted by Crippen LogP contribution is 2.33. The third-order valence-corrected chi connectivity index (χ3v) is 7.32. The van der Waals surface area contributed by atoms with Crippen molar-refractivity contribution in [3.63, 3.8) is 0 Å². The minimum absolute atomic E-state index is 0.0225. The van der Waals surface area contributed by atoms with Gasteiger partial charge >= 0.3 is 0 Å². The Bertz CT molecular complexity index is 492. The number of nitrogens with zero attached hydrogens (tertiary/aromatic N) is 1. The first kappa shape index (κ1) is 13.5. The van der Waals surface area contributed by atoms with E-state index in [1.807, 2.05) is 6.92 Å². The van der Waals surface area contributed by atoms with Crippen molar-refractivity contribution in [2.75, 3.05) is 20.2 Å². The van der Waals surface area contributed by atoms with Crippen LogP contribution in [-0.2, 0) is 14.8 Å². The van der Waals surface area contributed by atoms with E-state index in [4.69, 9.17) is 4.74 Å². The van der Waals surface area contributed by atoms with Gasteiger partial charge in [0.15, 0.2) is 0 Å². The Morgan fingerprint density at radius 3 is 2.76 bits per heavy atom. The summed E-state index contributed by atoms with van der Waals surface area (Å²) >= 11 is 4.62. The fraction of sp³-hybridized carbons (Fsp3) is 0.600. The molecule has 1 aromatic heterocycles. The van der Waals surface area contributed by atoms with Crippen molar-refractivity contribution < 1.29 is 13.2 Å². The monoisotopic (exact) mass is 339 g/mol. The molecule has 0 bridgehead atoms. The van der Waals surface area contributed by atoms with E-state index in [0.717, 1.165) is 15.8 Å². The molecular weight excluding hydrogens is 326 g/mol. The van der Waals surface area contributed by atoms with Crippen LogP contribution in [0.4, 0.5) is 0 Å². The lowest BCUT2D eigenvalue weighted by atomic mass is 10.3. The summed E-state index contributed by atoms with van der Waals surface area (Å²) in [7, 11) is -1.72. The van der Waals surface area contributed by atoms with Gasteiger partial charge in [0.25, 0.3) is 10.0 Å². The van der Waals surface area contributed by atoms with Gasteiger partial charge in [-0.25, -0.2) is 8.42 Å². The van der Waals surface area contributed by atoms with Crippen LogP contribution in [0.15, 0.2) is 14.1 Å². The molecule has 0 N–H and O–H groups in total. The van der Waals surface area contributed by atoms with E-state index in [1.54, 1.807) is 13.2 Å². The van der Waals surface area contributed by atoms with Crippen LogP contribution in [-0.4, -0.2) is 39.0 Å². The topological polar surface area (TPSA) is 46.6 Å². The molecule has 1 aliphatic heterocycles. The second-order valence-electron chi connectivity index (χ2n) is 4.03. The predicted molar refractivity (Wildman–Crippen MR) is 70.9 cm³/mol. The molecule has 0 amide bonds. The van der Waals surface area contributed by atoms with Crippen molar-refractivity contribution in [1.82, 2.24) is 4.31 Å². The van der Waals surface area contributed by atoms with Gasteiger partial charge in [0, 0.05) is 20.2 Å². The van der Waals surface area contributed by atoms with E-state index in [9.17, 15) is 8.42 Å². The zero-order valence-corrected chi connectivity index (χ0v) is 12.9. The van der Waals surface area contributed by atoms with Gasteiger partial charge in [-0.05, 0) is 40.9 Å². The molecule has 7 heteroatoms. The maximum absolute atomic E-state index is 12.3. The van der Waals surface area contributed by atoms with Crippen molar-refractivity contribution in [2.24, 2.45) is 0 Å². The molecular formula is C10H14BrNO3S2. The number of halogens is 1. The SMILES string of the molecule is COC1CCN(S(=O)(=O)c2cc(C)c(Br)s2)C1. The number of ether oxygens (including phenoxy) is 1. The number of methoxy groups -OCH3 is 1. The molecule has 0 aromatic carbocycles. The second-order valence-corrected chi connectivity index (χ2v) is 8.57. The molecule has 2 heterocycles. The molecule has 96 valence electrons. The van der Waals surface area contributed by atoms with Gasteiger partial charge in [-0.2, -0.15) is 4.31 Å². The molecule has 0 aliphatic carbocycles. The zero-order chi connectivity index (χ0) is 12.6. The Labute approximate surface area is 114 Å². The van der Waals surface area contributed by atoms with Crippen LogP contribution in [0.1, 0.15) is 12.0 Å². The summed E-state index contributed by atoms with van der Waals surface area (Å²) in [4.78, 5) is 0. The summed E-state index contributed by atoms with van der Waals surface area (Å²) in [6.07, 6.45) is 0.788. The van der Waals surface area contributed by atoms with Crippen molar-refractivity contribution in [3.05, 3.63) is 15.4 Å². The summed E-state index contributed by atoms with van der Waals surface area (Å²) in [5, 5.41) is 0. The molecule has 0 spiro atoms. The van der Waals surface area contributed by atoms with Crippen molar-refractivity contribution >= 4 is 37.3 Å². The molecule has 1 unspecified atom stereocenters. The quantitative estimate of drug-likeness (QED) is 0.848. The van der Waals surface area contributed by atoms with Gasteiger partial charge < -0.3 is 4.74 Å². The van der Waals surface area contributed by atoms with Gasteiger partial charge in [-0.1, -0.05) is 0 Å². The van der Waals surface area contributed by atoms with Gasteiger partial charge in [-0.3, -0.25) is 0 Å². The average Bonchev–Trinajstić information content (AvgIpc) is 2.87. The Balaban J connectivity index is 2.25. The number of hydrogen-bond acceptors (Lipinski definition) is 4. The summed E-state index contributed by atoms with van der Waals surface area (Å²) in [6, 6.07) is 1.71. The Hall–Kier alpha value is 0.0500. The second kappa shape index (κ2) is 4.97. The first-order valence-electron chi connectivity index (χ1n) is 5.24. The van der Waals surface area contributed by atoms with Crippen LogP contribution < -0.4 is 0 Å². The van der Waals surface area contributed by atoms with Crippen LogP contribution in [0.5, 0.6) is 0 Å². The van der Waals surface area contributed by atoms with Crippen molar-refractivity contribution in [3.8, 4) is 0 Å². The third kappa shape index (κ3) is 2.58. The van der Waals surface area contributed by atoms with Crippen LogP contribution in [0.2, 0.25) is 0 Å². The summed E-state index contributed by atoms with van der Waals surface area (Å²) in [5.41, 5.74) is 0.955. The number of rotatable bonds is 3. The smallest absolute Gasteiger partial charge is 0.252 e. The van der Waals surface area contributed by atoms with Crippen LogP contribution in [0, 0.1) is 6.92 Å². The maximum atomic E-state index is 12.3. The third-order valence-electron chi connectivity index (χ3n) is 2.87. The van der Waals surface area contributed by atoms with Crippen LogP contribution in [0.25, 0.3) is 0 Å². The maximum Gasteiger partial charge on any atom is 0.252 e. The van der Waals surface area contributed by atoms with Gasteiger partial charge in [-0.15, -0.1) is 11.3 Å². The minimum Gasteiger partial charge on any atom is -0.380 e. The minimum atomic E-state index is -3.34. The first-order valence-corrected chi connectivity index (χ1v) is 8.29. The van der Waals surface area contributed by atoms with E-state index < -0.39 is 10.0 Å². The highest BCUT2D eigenvalue weighted by molar-refractivity contribution is 9.11. The van der Waals surface area contributed by atoms with Gasteiger partial charge in [0.05, 0.1) is 9.89 Å². The van der Waals surface area contributed by atoms with Gasteiger partial charge in [0.1, 0.15) is 4.21 Å². The number of sulfonamides is 1. The van der Waals surface area contributed by atoms with Crippen molar-refractivity contribution in [2.45, 2.75) is 23.7 Å². The van der Waals surface area contributed by atoms with Crippen molar-refractivity contribution in [1.29, 1.82) is 0 Å². The summed E-state index contributed by atoms with van der Waals surface area (Å²) < 4.78 is 32.6. The van der Waals surface area contributed by atoms with E-state index in [2.05, 4.69) is 15.9 Å². The van der Waals surface area contributed by atoms with E-state index in [1.165, 1.54) is 15.6 Å². The standard InChI is InChI=1S/C10H14BrNO3S2/c1-7-5-9(16-10(7)11)17(13,14)12-4-3-8(6-12)15-2/h5,8H,3-4,6H2,1-2H3. The molecule has 1 aliphatic rings. The summed E-state index contributed by atoms with van der Waals surface area (Å²) in [6.45, 7) is 2.88. The lowest BCUT2D eigenvalue weighted by Crippen LogP contribution is -2.29. The largest absolute Gasteiger partial charge is 0.380 e. The Morgan fingerprint density at radius 1 is 1.59 bits per heavy atom. The first-order chi connectivity index (χ1) is 7.95. The number of aryl methyl sites for hydroxylation is 1. The van der Waals surface area contributed by atoms with Crippen LogP contribution >= 0.6 is 27.3 Å². The number of hydrogen-bond donors (Lipinski definition) is 0. The van der Waals surface area contributed by atoms with E-state index in [0.29, 0.717) is 17.3 Å². The van der Waals surface area contributed by atoms with Crippen LogP contribution in [0.3, 0.4) is 0 Å². The highest BCUT2D eigenvalue weighted by Gasteiger charge is 2.33. The Kier molecular flexibility index (Phi) is 3.94. The molecule has 4 nitrogen and oxygen atoms in total. The lowest BCUT2D eigenvalue weighted by Gasteiger charge is -2.14. The molecule has 1 fully saturated rings. The molecule has 0 radical (unpaired) electrons. The van der Waals surface area contributed by atoms with E-state index in [-0.39, 0.29) is 6.10 Å². The van der Waals surface area contributed by atoms with E-state index >= 15 is 0 Å². The highest BCUT2D eigenvalue weighted by atomic mass is 79.9. The molecule has 17 heavy (non-hydrogen) atoms. The molecule has 0 saturated carbocycles. The normalized spacial score (nSPS) is 22.2. The predicted octanol–water partition coefficient (Wildman–Crippen LogP) is 2.23. The molecule has 2 rings (SSSR count). The fourth-order valence-corrected chi connectivity index (χ4v) is 5.66. The average molecular weight is 340 g/mol. The summed E-state index contributed by atoms with van der Waals surface area (Å²) in [5.74, 6) is 0. The fourth-order valence-electron chi connectivity index (χ4n) is 1.79.